The number of nitriles is 1. The second kappa shape index (κ2) is 7.09. The quantitative estimate of drug-likeness (QED) is 0.669. The molecule has 1 amide bonds. The summed E-state index contributed by atoms with van der Waals surface area (Å²) in [5.74, 6) is -0.380. The van der Waals surface area contributed by atoms with Crippen LogP contribution >= 0.6 is 0 Å². The number of benzene rings is 2. The van der Waals surface area contributed by atoms with Crippen molar-refractivity contribution in [3.8, 4) is 11.8 Å². The first-order valence-electron chi connectivity index (χ1n) is 6.94. The van der Waals surface area contributed by atoms with E-state index in [1.807, 2.05) is 31.2 Å². The van der Waals surface area contributed by atoms with Gasteiger partial charge in [0.1, 0.15) is 17.4 Å². The van der Waals surface area contributed by atoms with Crippen LogP contribution in [0.5, 0.6) is 5.75 Å². The van der Waals surface area contributed by atoms with E-state index in [0.717, 1.165) is 12.0 Å². The predicted octanol–water partition coefficient (Wildman–Crippen LogP) is 3.50. The Morgan fingerprint density at radius 1 is 1.27 bits per heavy atom. The average Bonchev–Trinajstić information content (AvgIpc) is 2.53. The third-order valence-electron chi connectivity index (χ3n) is 3.19. The fraction of sp³-hybridized carbons (Fsp3) is 0.111. The van der Waals surface area contributed by atoms with Crippen molar-refractivity contribution in [3.05, 3.63) is 65.2 Å². The number of hydrogen-bond acceptors (Lipinski definition) is 3. The van der Waals surface area contributed by atoms with Gasteiger partial charge in [0.25, 0.3) is 5.91 Å². The Labute approximate surface area is 129 Å². The predicted molar refractivity (Wildman–Crippen MR) is 86.1 cm³/mol. The minimum atomic E-state index is -0.466. The minimum Gasteiger partial charge on any atom is -0.508 e. The molecule has 4 heteroatoms. The van der Waals surface area contributed by atoms with Crippen LogP contribution in [0.15, 0.2) is 54.1 Å². The van der Waals surface area contributed by atoms with Gasteiger partial charge in [-0.25, -0.2) is 0 Å². The van der Waals surface area contributed by atoms with Gasteiger partial charge in [-0.2, -0.15) is 5.26 Å². The molecule has 0 spiro atoms. The van der Waals surface area contributed by atoms with Gasteiger partial charge in [-0.1, -0.05) is 37.3 Å². The molecule has 110 valence electrons. The minimum absolute atomic E-state index is 0.0171. The molecule has 2 aromatic carbocycles. The highest BCUT2D eigenvalue weighted by Gasteiger charge is 2.11. The van der Waals surface area contributed by atoms with Crippen LogP contribution in [-0.4, -0.2) is 11.0 Å². The Kier molecular flexibility index (Phi) is 4.94. The Morgan fingerprint density at radius 2 is 2.05 bits per heavy atom. The summed E-state index contributed by atoms with van der Waals surface area (Å²) in [5.41, 5.74) is 2.28. The number of hydrogen-bond donors (Lipinski definition) is 2. The molecule has 0 aliphatic rings. The smallest absolute Gasteiger partial charge is 0.266 e. The van der Waals surface area contributed by atoms with Gasteiger partial charge in [-0.3, -0.25) is 4.79 Å². The standard InChI is InChI=1S/C18H16N2O2/c1-2-14-7-3-4-9-17(14)20-18(22)15(12-19)10-13-6-5-8-16(21)11-13/h3-11,21H,2H2,1H3,(H,20,22)/b15-10-. The lowest BCUT2D eigenvalue weighted by molar-refractivity contribution is -0.112. The van der Waals surface area contributed by atoms with E-state index in [1.54, 1.807) is 18.2 Å². The second-order valence-electron chi connectivity index (χ2n) is 4.73. The van der Waals surface area contributed by atoms with Crippen molar-refractivity contribution in [2.45, 2.75) is 13.3 Å². The van der Waals surface area contributed by atoms with E-state index < -0.39 is 5.91 Å². The fourth-order valence-electron chi connectivity index (χ4n) is 2.07. The largest absolute Gasteiger partial charge is 0.508 e. The number of para-hydroxylation sites is 1. The van der Waals surface area contributed by atoms with Crippen LogP contribution in [0.1, 0.15) is 18.1 Å². The number of aryl methyl sites for hydroxylation is 1. The lowest BCUT2D eigenvalue weighted by Gasteiger charge is -2.09. The highest BCUT2D eigenvalue weighted by Crippen LogP contribution is 2.18. The molecule has 0 atom stereocenters. The Bertz CT molecular complexity index is 758. The van der Waals surface area contributed by atoms with E-state index in [9.17, 15) is 15.2 Å². The van der Waals surface area contributed by atoms with Crippen LogP contribution in [0.3, 0.4) is 0 Å². The zero-order valence-corrected chi connectivity index (χ0v) is 12.2. The first-order valence-corrected chi connectivity index (χ1v) is 6.94. The van der Waals surface area contributed by atoms with Gasteiger partial charge in [0.05, 0.1) is 0 Å². The van der Waals surface area contributed by atoms with Gasteiger partial charge < -0.3 is 10.4 Å². The van der Waals surface area contributed by atoms with E-state index in [1.165, 1.54) is 18.2 Å². The van der Waals surface area contributed by atoms with Crippen molar-refractivity contribution >= 4 is 17.7 Å². The molecule has 0 aliphatic heterocycles. The summed E-state index contributed by atoms with van der Waals surface area (Å²) in [6.45, 7) is 2.00. The maximum absolute atomic E-state index is 12.2. The monoisotopic (exact) mass is 292 g/mol. The highest BCUT2D eigenvalue weighted by molar-refractivity contribution is 6.10. The summed E-state index contributed by atoms with van der Waals surface area (Å²) >= 11 is 0. The molecule has 0 saturated heterocycles. The molecule has 0 unspecified atom stereocenters. The van der Waals surface area contributed by atoms with Gasteiger partial charge in [-0.05, 0) is 41.8 Å². The number of carbonyl (C=O) groups excluding carboxylic acids is 1. The maximum atomic E-state index is 12.2. The van der Waals surface area contributed by atoms with Crippen LogP contribution in [0, 0.1) is 11.3 Å². The van der Waals surface area contributed by atoms with Crippen molar-refractivity contribution in [1.29, 1.82) is 5.26 Å². The molecule has 0 heterocycles. The molecule has 0 radical (unpaired) electrons. The van der Waals surface area contributed by atoms with E-state index in [4.69, 9.17) is 0 Å². The summed E-state index contributed by atoms with van der Waals surface area (Å²) in [6.07, 6.45) is 2.23. The third kappa shape index (κ3) is 3.74. The molecule has 0 aromatic heterocycles. The maximum Gasteiger partial charge on any atom is 0.266 e. The number of phenolic OH excluding ortho intramolecular Hbond substituents is 1. The van der Waals surface area contributed by atoms with E-state index in [2.05, 4.69) is 5.32 Å². The molecule has 4 nitrogen and oxygen atoms in total. The Balaban J connectivity index is 2.25. The van der Waals surface area contributed by atoms with Gasteiger partial charge in [0.15, 0.2) is 0 Å². The zero-order valence-electron chi connectivity index (χ0n) is 12.2. The van der Waals surface area contributed by atoms with Crippen LogP contribution in [0.25, 0.3) is 6.08 Å². The number of phenols is 1. The molecule has 0 aliphatic carbocycles. The lowest BCUT2D eigenvalue weighted by atomic mass is 10.1. The third-order valence-corrected chi connectivity index (χ3v) is 3.19. The number of aromatic hydroxyl groups is 1. The number of rotatable bonds is 4. The molecular weight excluding hydrogens is 276 g/mol. The van der Waals surface area contributed by atoms with Crippen LogP contribution in [0.4, 0.5) is 5.69 Å². The number of carbonyl (C=O) groups is 1. The first-order chi connectivity index (χ1) is 10.6. The summed E-state index contributed by atoms with van der Waals surface area (Å²) < 4.78 is 0. The van der Waals surface area contributed by atoms with Crippen molar-refractivity contribution in [1.82, 2.24) is 0 Å². The van der Waals surface area contributed by atoms with E-state index >= 15 is 0 Å². The van der Waals surface area contributed by atoms with Gasteiger partial charge in [-0.15, -0.1) is 0 Å². The number of anilines is 1. The molecule has 22 heavy (non-hydrogen) atoms. The molecule has 0 saturated carbocycles. The zero-order chi connectivity index (χ0) is 15.9. The van der Waals surface area contributed by atoms with Crippen molar-refractivity contribution in [2.24, 2.45) is 0 Å². The van der Waals surface area contributed by atoms with Crippen LogP contribution < -0.4 is 5.32 Å². The van der Waals surface area contributed by atoms with Gasteiger partial charge in [0, 0.05) is 5.69 Å². The van der Waals surface area contributed by atoms with Gasteiger partial charge in [0.2, 0.25) is 0 Å². The average molecular weight is 292 g/mol. The van der Waals surface area contributed by atoms with Crippen LogP contribution in [0.2, 0.25) is 0 Å². The lowest BCUT2D eigenvalue weighted by Crippen LogP contribution is -2.14. The first kappa shape index (κ1) is 15.3. The molecular formula is C18H16N2O2. The molecule has 2 rings (SSSR count). The van der Waals surface area contributed by atoms with Crippen LogP contribution in [-0.2, 0) is 11.2 Å². The Hall–Kier alpha value is -3.06. The van der Waals surface area contributed by atoms with Crippen molar-refractivity contribution < 1.29 is 9.90 Å². The number of nitrogens with one attached hydrogen (secondary N) is 1. The SMILES string of the molecule is CCc1ccccc1NC(=O)/C(C#N)=C\c1cccc(O)c1. The molecule has 2 N–H and O–H groups in total. The van der Waals surface area contributed by atoms with E-state index in [0.29, 0.717) is 11.3 Å². The molecule has 2 aromatic rings. The topological polar surface area (TPSA) is 73.1 Å². The normalized spacial score (nSPS) is 10.8. The molecule has 0 fully saturated rings. The van der Waals surface area contributed by atoms with E-state index in [-0.39, 0.29) is 11.3 Å². The summed E-state index contributed by atoms with van der Waals surface area (Å²) in [5, 5.41) is 21.4. The van der Waals surface area contributed by atoms with Crippen molar-refractivity contribution in [3.63, 3.8) is 0 Å². The summed E-state index contributed by atoms with van der Waals surface area (Å²) in [7, 11) is 0. The summed E-state index contributed by atoms with van der Waals surface area (Å²) in [6, 6.07) is 15.8. The second-order valence-corrected chi connectivity index (χ2v) is 4.73. The van der Waals surface area contributed by atoms with Crippen molar-refractivity contribution in [2.75, 3.05) is 5.32 Å². The molecule has 0 bridgehead atoms. The number of nitrogens with zero attached hydrogens (tertiary/aromatic N) is 1. The number of amides is 1. The van der Waals surface area contributed by atoms with Gasteiger partial charge >= 0.3 is 0 Å². The fourth-order valence-corrected chi connectivity index (χ4v) is 2.07. The Morgan fingerprint density at radius 3 is 2.73 bits per heavy atom. The highest BCUT2D eigenvalue weighted by atomic mass is 16.3. The summed E-state index contributed by atoms with van der Waals surface area (Å²) in [4.78, 5) is 12.2.